The Morgan fingerprint density at radius 3 is 2.73 bits per heavy atom. The summed E-state index contributed by atoms with van der Waals surface area (Å²) in [6.45, 7) is 6.95. The van der Waals surface area contributed by atoms with Crippen LogP contribution in [0.3, 0.4) is 0 Å². The van der Waals surface area contributed by atoms with E-state index >= 15 is 0 Å². The molecular formula is C11H16BrClN2. The average Bonchev–Trinajstić information content (AvgIpc) is 2.15. The van der Waals surface area contributed by atoms with Crippen molar-refractivity contribution in [3.05, 3.63) is 28.5 Å². The van der Waals surface area contributed by atoms with E-state index in [-0.39, 0.29) is 10.9 Å². The fourth-order valence-corrected chi connectivity index (χ4v) is 1.51. The van der Waals surface area contributed by atoms with Crippen LogP contribution in [0.5, 0.6) is 0 Å². The Morgan fingerprint density at radius 1 is 1.53 bits per heavy atom. The number of nitrogens with zero attached hydrogens (tertiary/aromatic N) is 1. The summed E-state index contributed by atoms with van der Waals surface area (Å²) >= 11 is 9.47. The molecule has 0 saturated heterocycles. The quantitative estimate of drug-likeness (QED) is 0.861. The van der Waals surface area contributed by atoms with Crippen molar-refractivity contribution in [1.29, 1.82) is 0 Å². The Hall–Kier alpha value is -0.120. The van der Waals surface area contributed by atoms with Gasteiger partial charge in [-0.1, -0.05) is 0 Å². The minimum atomic E-state index is -0.0795. The van der Waals surface area contributed by atoms with Gasteiger partial charge in [-0.3, -0.25) is 4.98 Å². The molecule has 0 aliphatic heterocycles. The van der Waals surface area contributed by atoms with Gasteiger partial charge in [0.2, 0.25) is 0 Å². The van der Waals surface area contributed by atoms with E-state index in [1.807, 2.05) is 13.1 Å². The van der Waals surface area contributed by atoms with E-state index in [4.69, 9.17) is 11.6 Å². The van der Waals surface area contributed by atoms with Gasteiger partial charge in [0.15, 0.2) is 0 Å². The summed E-state index contributed by atoms with van der Waals surface area (Å²) in [6.07, 6.45) is 3.63. The second-order valence-electron chi connectivity index (χ2n) is 4.20. The second-order valence-corrected chi connectivity index (χ2v) is 5.77. The van der Waals surface area contributed by atoms with E-state index in [1.54, 1.807) is 6.20 Å². The summed E-state index contributed by atoms with van der Waals surface area (Å²) in [7, 11) is 0. The standard InChI is InChI=1S/C11H16BrClN2/c1-8(13)11(2,3)15-6-9-4-10(12)7-14-5-9/h4-5,7-8,15H,6H2,1-3H3. The maximum absolute atomic E-state index is 6.08. The van der Waals surface area contributed by atoms with Gasteiger partial charge >= 0.3 is 0 Å². The molecule has 1 heterocycles. The van der Waals surface area contributed by atoms with Crippen LogP contribution in [0.2, 0.25) is 0 Å². The molecule has 0 spiro atoms. The van der Waals surface area contributed by atoms with Crippen molar-refractivity contribution in [1.82, 2.24) is 10.3 Å². The van der Waals surface area contributed by atoms with Crippen LogP contribution < -0.4 is 5.32 Å². The Labute approximate surface area is 105 Å². The first-order chi connectivity index (χ1) is 6.92. The lowest BCUT2D eigenvalue weighted by molar-refractivity contribution is 0.380. The first-order valence-corrected chi connectivity index (χ1v) is 6.13. The molecule has 0 amide bonds. The zero-order valence-corrected chi connectivity index (χ0v) is 11.6. The zero-order chi connectivity index (χ0) is 11.5. The fraction of sp³-hybridized carbons (Fsp3) is 0.545. The van der Waals surface area contributed by atoms with Crippen LogP contribution in [0, 0.1) is 0 Å². The molecule has 0 fully saturated rings. The van der Waals surface area contributed by atoms with E-state index in [0.717, 1.165) is 16.6 Å². The minimum absolute atomic E-state index is 0.0795. The van der Waals surface area contributed by atoms with Gasteiger partial charge in [-0.25, -0.2) is 0 Å². The predicted octanol–water partition coefficient (Wildman–Crippen LogP) is 3.34. The number of alkyl halides is 1. The molecule has 0 saturated carbocycles. The highest BCUT2D eigenvalue weighted by Crippen LogP contribution is 2.16. The molecule has 0 aliphatic rings. The molecule has 1 unspecified atom stereocenters. The molecule has 0 aromatic carbocycles. The van der Waals surface area contributed by atoms with Crippen molar-refractivity contribution in [2.45, 2.75) is 38.2 Å². The highest BCUT2D eigenvalue weighted by molar-refractivity contribution is 9.10. The van der Waals surface area contributed by atoms with Gasteiger partial charge < -0.3 is 5.32 Å². The predicted molar refractivity (Wildman–Crippen MR) is 68.2 cm³/mol. The molecule has 0 bridgehead atoms. The first-order valence-electron chi connectivity index (χ1n) is 4.90. The number of halogens is 2. The summed E-state index contributed by atoms with van der Waals surface area (Å²) in [6, 6.07) is 2.05. The third-order valence-electron chi connectivity index (χ3n) is 2.50. The van der Waals surface area contributed by atoms with Crippen LogP contribution in [0.1, 0.15) is 26.3 Å². The SMILES string of the molecule is CC(Cl)C(C)(C)NCc1cncc(Br)c1. The highest BCUT2D eigenvalue weighted by atomic mass is 79.9. The topological polar surface area (TPSA) is 24.9 Å². The van der Waals surface area contributed by atoms with Crippen LogP contribution in [-0.2, 0) is 6.54 Å². The minimum Gasteiger partial charge on any atom is -0.306 e. The summed E-state index contributed by atoms with van der Waals surface area (Å²) in [5.41, 5.74) is 1.07. The first kappa shape index (κ1) is 12.9. The van der Waals surface area contributed by atoms with Crippen molar-refractivity contribution in [2.75, 3.05) is 0 Å². The number of rotatable bonds is 4. The van der Waals surface area contributed by atoms with Crippen molar-refractivity contribution >= 4 is 27.5 Å². The van der Waals surface area contributed by atoms with E-state index in [2.05, 4.69) is 46.1 Å². The number of hydrogen-bond donors (Lipinski definition) is 1. The van der Waals surface area contributed by atoms with Crippen LogP contribution >= 0.6 is 27.5 Å². The Kier molecular flexibility index (Phi) is 4.56. The van der Waals surface area contributed by atoms with Gasteiger partial charge in [-0.15, -0.1) is 11.6 Å². The van der Waals surface area contributed by atoms with Gasteiger partial charge in [-0.2, -0.15) is 0 Å². The number of nitrogens with one attached hydrogen (secondary N) is 1. The van der Waals surface area contributed by atoms with Crippen LogP contribution in [0.4, 0.5) is 0 Å². The molecule has 1 atom stereocenters. The van der Waals surface area contributed by atoms with Crippen molar-refractivity contribution in [3.8, 4) is 0 Å². The molecule has 0 aliphatic carbocycles. The summed E-state index contributed by atoms with van der Waals surface area (Å²) in [5, 5.41) is 3.49. The molecule has 84 valence electrons. The summed E-state index contributed by atoms with van der Waals surface area (Å²) in [5.74, 6) is 0. The normalized spacial score (nSPS) is 13.9. The highest BCUT2D eigenvalue weighted by Gasteiger charge is 2.22. The molecule has 0 radical (unpaired) electrons. The van der Waals surface area contributed by atoms with Gasteiger partial charge in [0.25, 0.3) is 0 Å². The van der Waals surface area contributed by atoms with E-state index < -0.39 is 0 Å². The zero-order valence-electron chi connectivity index (χ0n) is 9.22. The maximum atomic E-state index is 6.08. The largest absolute Gasteiger partial charge is 0.306 e. The molecule has 1 rings (SSSR count). The van der Waals surface area contributed by atoms with Crippen LogP contribution in [0.25, 0.3) is 0 Å². The van der Waals surface area contributed by atoms with Crippen LogP contribution in [-0.4, -0.2) is 15.9 Å². The third-order valence-corrected chi connectivity index (χ3v) is 3.48. The summed E-state index contributed by atoms with van der Waals surface area (Å²) in [4.78, 5) is 4.11. The fourth-order valence-electron chi connectivity index (χ4n) is 1.02. The average molecular weight is 292 g/mol. The molecule has 1 aromatic rings. The van der Waals surface area contributed by atoms with E-state index in [0.29, 0.717) is 0 Å². The third kappa shape index (κ3) is 4.09. The van der Waals surface area contributed by atoms with Gasteiger partial charge in [0.1, 0.15) is 0 Å². The van der Waals surface area contributed by atoms with Gasteiger partial charge in [0.05, 0.1) is 0 Å². The molecule has 1 aromatic heterocycles. The van der Waals surface area contributed by atoms with Crippen molar-refractivity contribution in [3.63, 3.8) is 0 Å². The number of pyridine rings is 1. The molecule has 15 heavy (non-hydrogen) atoms. The summed E-state index contributed by atoms with van der Waals surface area (Å²) < 4.78 is 0.999. The molecule has 1 N–H and O–H groups in total. The van der Waals surface area contributed by atoms with E-state index in [1.165, 1.54) is 0 Å². The van der Waals surface area contributed by atoms with Crippen LogP contribution in [0.15, 0.2) is 22.9 Å². The maximum Gasteiger partial charge on any atom is 0.0484 e. The Balaban J connectivity index is 2.57. The lowest BCUT2D eigenvalue weighted by Crippen LogP contribution is -2.45. The Bertz CT molecular complexity index is 326. The smallest absolute Gasteiger partial charge is 0.0484 e. The molecule has 4 heteroatoms. The lowest BCUT2D eigenvalue weighted by atomic mass is 10.0. The second kappa shape index (κ2) is 5.28. The number of aromatic nitrogens is 1. The van der Waals surface area contributed by atoms with Gasteiger partial charge in [-0.05, 0) is 48.3 Å². The molecule has 2 nitrogen and oxygen atoms in total. The van der Waals surface area contributed by atoms with Crippen molar-refractivity contribution in [2.24, 2.45) is 0 Å². The van der Waals surface area contributed by atoms with E-state index in [9.17, 15) is 0 Å². The lowest BCUT2D eigenvalue weighted by Gasteiger charge is -2.29. The van der Waals surface area contributed by atoms with Gasteiger partial charge in [0, 0.05) is 34.3 Å². The Morgan fingerprint density at radius 2 is 2.20 bits per heavy atom. The number of hydrogen-bond acceptors (Lipinski definition) is 2. The molecular weight excluding hydrogens is 275 g/mol. The monoisotopic (exact) mass is 290 g/mol. The van der Waals surface area contributed by atoms with Crippen molar-refractivity contribution < 1.29 is 0 Å².